The largest absolute Gasteiger partial charge is 0.465 e. The normalized spacial score (nSPS) is 10.9. The highest BCUT2D eigenvalue weighted by atomic mass is 19.3. The number of hydrogen-bond acceptors (Lipinski definition) is 6. The highest BCUT2D eigenvalue weighted by Crippen LogP contribution is 2.17. The number of esters is 1. The Morgan fingerprint density at radius 1 is 1.27 bits per heavy atom. The van der Waals surface area contributed by atoms with Crippen molar-refractivity contribution >= 4 is 23.6 Å². The number of anilines is 1. The van der Waals surface area contributed by atoms with Crippen LogP contribution in [0.15, 0.2) is 52.7 Å². The number of rotatable bonds is 7. The number of furan rings is 1. The van der Waals surface area contributed by atoms with Gasteiger partial charge in [-0.1, -0.05) is 0 Å². The Balaban J connectivity index is 1.86. The number of nitrogens with zero attached hydrogens (tertiary/aromatic N) is 1. The van der Waals surface area contributed by atoms with Crippen LogP contribution >= 0.6 is 0 Å². The van der Waals surface area contributed by atoms with Gasteiger partial charge in [0.1, 0.15) is 23.2 Å². The summed E-state index contributed by atoms with van der Waals surface area (Å²) < 4.78 is 38.0. The Hall–Kier alpha value is -3.67. The molecule has 0 aliphatic rings. The minimum atomic E-state index is -2.95. The molecule has 0 unspecified atom stereocenters. The summed E-state index contributed by atoms with van der Waals surface area (Å²) in [4.78, 5) is 23.5. The first kappa shape index (κ1) is 18.7. The van der Waals surface area contributed by atoms with Crippen LogP contribution in [-0.4, -0.2) is 25.1 Å². The molecule has 1 heterocycles. The van der Waals surface area contributed by atoms with E-state index in [4.69, 9.17) is 14.4 Å². The van der Waals surface area contributed by atoms with Crippen LogP contribution in [0, 0.1) is 11.3 Å². The van der Waals surface area contributed by atoms with Gasteiger partial charge in [-0.2, -0.15) is 14.0 Å². The van der Waals surface area contributed by atoms with Crippen molar-refractivity contribution in [2.24, 2.45) is 0 Å². The first-order valence-electron chi connectivity index (χ1n) is 7.15. The predicted octanol–water partition coefficient (Wildman–Crippen LogP) is 2.97. The first-order valence-corrected chi connectivity index (χ1v) is 7.15. The van der Waals surface area contributed by atoms with Gasteiger partial charge in [-0.3, -0.25) is 4.79 Å². The third kappa shape index (κ3) is 5.76. The molecule has 9 heteroatoms. The Morgan fingerprint density at radius 2 is 2.00 bits per heavy atom. The van der Waals surface area contributed by atoms with Crippen LogP contribution in [0.25, 0.3) is 6.08 Å². The molecule has 0 saturated heterocycles. The molecule has 2 aromatic rings. The maximum absolute atomic E-state index is 12.0. The molecular formula is C17H12F2N2O5. The lowest BCUT2D eigenvalue weighted by molar-refractivity contribution is -0.142. The van der Waals surface area contributed by atoms with Crippen LogP contribution in [0.2, 0.25) is 0 Å². The molecule has 0 spiro atoms. The van der Waals surface area contributed by atoms with Crippen LogP contribution < -0.4 is 10.1 Å². The summed E-state index contributed by atoms with van der Waals surface area (Å²) in [6.45, 7) is -3.58. The van der Waals surface area contributed by atoms with Gasteiger partial charge in [0.05, 0.1) is 6.26 Å². The lowest BCUT2D eigenvalue weighted by Crippen LogP contribution is -2.21. The molecule has 1 N–H and O–H groups in total. The predicted molar refractivity (Wildman–Crippen MR) is 85.0 cm³/mol. The molecule has 134 valence electrons. The highest BCUT2D eigenvalue weighted by molar-refractivity contribution is 5.99. The van der Waals surface area contributed by atoms with Gasteiger partial charge in [0.25, 0.3) is 5.91 Å². The number of carbonyl (C=O) groups excluding carboxylic acids is 2. The van der Waals surface area contributed by atoms with E-state index >= 15 is 0 Å². The quantitative estimate of drug-likeness (QED) is 0.462. The monoisotopic (exact) mass is 362 g/mol. The van der Waals surface area contributed by atoms with Crippen molar-refractivity contribution in [2.75, 3.05) is 11.9 Å². The van der Waals surface area contributed by atoms with Crippen LogP contribution in [0.5, 0.6) is 5.75 Å². The van der Waals surface area contributed by atoms with Gasteiger partial charge in [0, 0.05) is 11.8 Å². The van der Waals surface area contributed by atoms with Gasteiger partial charge in [-0.25, -0.2) is 4.79 Å². The summed E-state index contributed by atoms with van der Waals surface area (Å²) in [7, 11) is 0. The summed E-state index contributed by atoms with van der Waals surface area (Å²) in [6, 6.07) is 9.95. The van der Waals surface area contributed by atoms with Crippen molar-refractivity contribution < 1.29 is 32.3 Å². The third-order valence-corrected chi connectivity index (χ3v) is 2.87. The lowest BCUT2D eigenvalue weighted by atomic mass is 10.2. The molecule has 0 bridgehead atoms. The number of ether oxygens (including phenoxy) is 2. The molecule has 7 nitrogen and oxygen atoms in total. The number of amides is 1. The number of nitrogens with one attached hydrogen (secondary N) is 1. The van der Waals surface area contributed by atoms with E-state index in [1.165, 1.54) is 36.6 Å². The minimum Gasteiger partial charge on any atom is -0.465 e. The maximum atomic E-state index is 12.0. The van der Waals surface area contributed by atoms with Crippen LogP contribution in [0.4, 0.5) is 14.5 Å². The SMILES string of the molecule is N#C/C(=C\c1ccco1)C(=O)OCC(=O)Nc1ccc(OC(F)F)cc1. The fraction of sp³-hybridized carbons (Fsp3) is 0.118. The van der Waals surface area contributed by atoms with Crippen molar-refractivity contribution in [3.8, 4) is 11.8 Å². The summed E-state index contributed by atoms with van der Waals surface area (Å²) in [5, 5.41) is 11.4. The van der Waals surface area contributed by atoms with Gasteiger partial charge in [0.2, 0.25) is 0 Å². The zero-order valence-corrected chi connectivity index (χ0v) is 13.1. The highest BCUT2D eigenvalue weighted by Gasteiger charge is 2.14. The van der Waals surface area contributed by atoms with Crippen molar-refractivity contribution in [3.05, 3.63) is 54.0 Å². The zero-order valence-electron chi connectivity index (χ0n) is 13.1. The summed E-state index contributed by atoms with van der Waals surface area (Å²) in [5.41, 5.74) is -0.0412. The summed E-state index contributed by atoms with van der Waals surface area (Å²) in [6.07, 6.45) is 2.55. The fourth-order valence-electron chi connectivity index (χ4n) is 1.78. The standard InChI is InChI=1S/C17H12F2N2O5/c18-17(19)26-13-5-3-12(4-6-13)21-15(22)10-25-16(23)11(9-20)8-14-2-1-7-24-14/h1-8,17H,10H2,(H,21,22)/b11-8+. The molecule has 0 aliphatic heterocycles. The topological polar surface area (TPSA) is 102 Å². The number of alkyl halides is 2. The molecule has 0 radical (unpaired) electrons. The van der Waals surface area contributed by atoms with E-state index < -0.39 is 25.1 Å². The smallest absolute Gasteiger partial charge is 0.387 e. The number of nitriles is 1. The Bertz CT molecular complexity index is 824. The molecule has 26 heavy (non-hydrogen) atoms. The molecule has 0 atom stereocenters. The van der Waals surface area contributed by atoms with E-state index in [0.717, 1.165) is 0 Å². The van der Waals surface area contributed by atoms with E-state index in [-0.39, 0.29) is 17.1 Å². The van der Waals surface area contributed by atoms with Gasteiger partial charge >= 0.3 is 12.6 Å². The number of halogens is 2. The maximum Gasteiger partial charge on any atom is 0.387 e. The minimum absolute atomic E-state index is 0.0637. The Kier molecular flexibility index (Phi) is 6.45. The second kappa shape index (κ2) is 8.98. The number of carbonyl (C=O) groups is 2. The summed E-state index contributed by atoms with van der Waals surface area (Å²) in [5.74, 6) is -1.43. The number of benzene rings is 1. The second-order valence-electron chi connectivity index (χ2n) is 4.71. The molecule has 1 aromatic heterocycles. The average molecular weight is 362 g/mol. The van der Waals surface area contributed by atoms with E-state index in [9.17, 15) is 18.4 Å². The van der Waals surface area contributed by atoms with Crippen LogP contribution in [0.1, 0.15) is 5.76 Å². The fourth-order valence-corrected chi connectivity index (χ4v) is 1.78. The third-order valence-electron chi connectivity index (χ3n) is 2.87. The molecule has 0 fully saturated rings. The zero-order chi connectivity index (χ0) is 18.9. The van der Waals surface area contributed by atoms with E-state index in [0.29, 0.717) is 5.69 Å². The Morgan fingerprint density at radius 3 is 2.58 bits per heavy atom. The summed E-state index contributed by atoms with van der Waals surface area (Å²) >= 11 is 0. The Labute approximate surface area is 146 Å². The molecule has 0 aliphatic carbocycles. The average Bonchev–Trinajstić information content (AvgIpc) is 3.12. The molecule has 1 aromatic carbocycles. The van der Waals surface area contributed by atoms with E-state index in [1.54, 1.807) is 18.2 Å². The number of hydrogen-bond donors (Lipinski definition) is 1. The second-order valence-corrected chi connectivity index (χ2v) is 4.71. The van der Waals surface area contributed by atoms with Gasteiger partial charge < -0.3 is 19.2 Å². The van der Waals surface area contributed by atoms with Crippen LogP contribution in [0.3, 0.4) is 0 Å². The molecule has 2 rings (SSSR count). The van der Waals surface area contributed by atoms with Crippen molar-refractivity contribution in [3.63, 3.8) is 0 Å². The molecule has 0 saturated carbocycles. The van der Waals surface area contributed by atoms with E-state index in [2.05, 4.69) is 10.1 Å². The first-order chi connectivity index (χ1) is 12.5. The molecular weight excluding hydrogens is 350 g/mol. The van der Waals surface area contributed by atoms with Crippen molar-refractivity contribution in [1.82, 2.24) is 0 Å². The van der Waals surface area contributed by atoms with Gasteiger partial charge in [-0.05, 0) is 36.4 Å². The van der Waals surface area contributed by atoms with Crippen molar-refractivity contribution in [1.29, 1.82) is 5.26 Å². The van der Waals surface area contributed by atoms with Crippen LogP contribution in [-0.2, 0) is 14.3 Å². The molecule has 1 amide bonds. The van der Waals surface area contributed by atoms with Gasteiger partial charge in [0.15, 0.2) is 6.61 Å². The van der Waals surface area contributed by atoms with Crippen molar-refractivity contribution in [2.45, 2.75) is 6.61 Å². The van der Waals surface area contributed by atoms with E-state index in [1.807, 2.05) is 0 Å². The lowest BCUT2D eigenvalue weighted by Gasteiger charge is -2.08. The van der Waals surface area contributed by atoms with Gasteiger partial charge in [-0.15, -0.1) is 0 Å².